The zero-order valence-corrected chi connectivity index (χ0v) is 14.5. The van der Waals surface area contributed by atoms with Crippen molar-refractivity contribution < 1.29 is 9.53 Å². The zero-order valence-electron chi connectivity index (χ0n) is 12.1. The standard InChI is InChI=1S/C15H19Cl2NO2.ClH/c1-3-18(4-2)9-10-20-15(19)8-6-12-5-7-13(16)11-14(12)17;/h5-8,11H,3-4,9-10H2,1-2H3;1H/b8-6-;. The average Bonchev–Trinajstić information content (AvgIpc) is 2.42. The van der Waals surface area contributed by atoms with Crippen LogP contribution in [0.1, 0.15) is 19.4 Å². The third-order valence-electron chi connectivity index (χ3n) is 2.91. The Bertz CT molecular complexity index is 474. The van der Waals surface area contributed by atoms with Gasteiger partial charge in [0.25, 0.3) is 0 Å². The van der Waals surface area contributed by atoms with Gasteiger partial charge in [0.15, 0.2) is 0 Å². The Hall–Kier alpha value is -0.740. The van der Waals surface area contributed by atoms with E-state index >= 15 is 0 Å². The van der Waals surface area contributed by atoms with Crippen LogP contribution in [-0.2, 0) is 9.53 Å². The molecule has 0 aliphatic carbocycles. The minimum atomic E-state index is -0.372. The fraction of sp³-hybridized carbons (Fsp3) is 0.400. The molecule has 0 aliphatic heterocycles. The Morgan fingerprint density at radius 1 is 1.29 bits per heavy atom. The quantitative estimate of drug-likeness (QED) is 0.541. The van der Waals surface area contributed by atoms with E-state index in [0.29, 0.717) is 16.7 Å². The highest BCUT2D eigenvalue weighted by Crippen LogP contribution is 2.21. The van der Waals surface area contributed by atoms with Crippen molar-refractivity contribution >= 4 is 47.7 Å². The molecule has 1 aromatic rings. The van der Waals surface area contributed by atoms with Crippen LogP contribution < -0.4 is 0 Å². The van der Waals surface area contributed by atoms with E-state index in [-0.39, 0.29) is 18.4 Å². The van der Waals surface area contributed by atoms with Crippen molar-refractivity contribution in [2.24, 2.45) is 0 Å². The Balaban J connectivity index is 0.00000400. The maximum absolute atomic E-state index is 11.6. The number of hydrogen-bond donors (Lipinski definition) is 0. The van der Waals surface area contributed by atoms with Crippen LogP contribution in [0.4, 0.5) is 0 Å². The molecule has 0 heterocycles. The first kappa shape index (κ1) is 20.3. The summed E-state index contributed by atoms with van der Waals surface area (Å²) in [4.78, 5) is 13.7. The predicted molar refractivity (Wildman–Crippen MR) is 91.5 cm³/mol. The van der Waals surface area contributed by atoms with Gasteiger partial charge in [-0.1, -0.05) is 43.1 Å². The molecule has 21 heavy (non-hydrogen) atoms. The van der Waals surface area contributed by atoms with Gasteiger partial charge in [-0.05, 0) is 36.9 Å². The van der Waals surface area contributed by atoms with Gasteiger partial charge in [-0.3, -0.25) is 0 Å². The van der Waals surface area contributed by atoms with Gasteiger partial charge in [0.05, 0.1) is 0 Å². The van der Waals surface area contributed by atoms with Crippen molar-refractivity contribution in [2.45, 2.75) is 13.8 Å². The van der Waals surface area contributed by atoms with Gasteiger partial charge < -0.3 is 9.64 Å². The highest BCUT2D eigenvalue weighted by molar-refractivity contribution is 6.35. The first-order valence-electron chi connectivity index (χ1n) is 6.59. The van der Waals surface area contributed by atoms with E-state index in [1.165, 1.54) is 6.08 Å². The highest BCUT2D eigenvalue weighted by Gasteiger charge is 2.02. The molecule has 0 amide bonds. The highest BCUT2D eigenvalue weighted by atomic mass is 35.5. The van der Waals surface area contributed by atoms with Crippen LogP contribution >= 0.6 is 35.6 Å². The Labute approximate surface area is 142 Å². The summed E-state index contributed by atoms with van der Waals surface area (Å²) in [5.41, 5.74) is 0.733. The Morgan fingerprint density at radius 2 is 1.95 bits per heavy atom. The van der Waals surface area contributed by atoms with Crippen LogP contribution in [0.5, 0.6) is 0 Å². The van der Waals surface area contributed by atoms with E-state index in [2.05, 4.69) is 18.7 Å². The first-order chi connectivity index (χ1) is 9.56. The summed E-state index contributed by atoms with van der Waals surface area (Å²) in [6.45, 7) is 7.18. The summed E-state index contributed by atoms with van der Waals surface area (Å²) in [5.74, 6) is -0.372. The fourth-order valence-corrected chi connectivity index (χ4v) is 2.13. The van der Waals surface area contributed by atoms with E-state index < -0.39 is 0 Å². The van der Waals surface area contributed by atoms with E-state index in [0.717, 1.165) is 25.2 Å². The van der Waals surface area contributed by atoms with Crippen LogP contribution in [0, 0.1) is 0 Å². The predicted octanol–water partition coefficient (Wildman–Crippen LogP) is 4.31. The second-order valence-corrected chi connectivity index (χ2v) is 5.04. The second-order valence-electron chi connectivity index (χ2n) is 4.19. The van der Waals surface area contributed by atoms with Gasteiger partial charge in [0.2, 0.25) is 0 Å². The van der Waals surface area contributed by atoms with E-state index in [1.807, 2.05) is 0 Å². The maximum atomic E-state index is 11.6. The molecule has 6 heteroatoms. The maximum Gasteiger partial charge on any atom is 0.330 e. The number of carbonyl (C=O) groups is 1. The summed E-state index contributed by atoms with van der Waals surface area (Å²) in [6, 6.07) is 5.11. The summed E-state index contributed by atoms with van der Waals surface area (Å²) in [5, 5.41) is 1.07. The summed E-state index contributed by atoms with van der Waals surface area (Å²) in [7, 11) is 0. The van der Waals surface area contributed by atoms with Crippen LogP contribution in [0.15, 0.2) is 24.3 Å². The molecule has 0 aliphatic rings. The molecular formula is C15H20Cl3NO2. The largest absolute Gasteiger partial charge is 0.461 e. The van der Waals surface area contributed by atoms with Gasteiger partial charge in [-0.2, -0.15) is 0 Å². The fourth-order valence-electron chi connectivity index (χ4n) is 1.66. The van der Waals surface area contributed by atoms with Gasteiger partial charge in [0, 0.05) is 22.7 Å². The number of likely N-dealkylation sites (N-methyl/N-ethyl adjacent to an activating group) is 1. The third kappa shape index (κ3) is 7.72. The van der Waals surface area contributed by atoms with Gasteiger partial charge in [0.1, 0.15) is 6.61 Å². The van der Waals surface area contributed by atoms with Crippen molar-refractivity contribution in [1.29, 1.82) is 0 Å². The lowest BCUT2D eigenvalue weighted by atomic mass is 10.2. The van der Waals surface area contributed by atoms with E-state index in [9.17, 15) is 4.79 Å². The van der Waals surface area contributed by atoms with Crippen LogP contribution in [0.3, 0.4) is 0 Å². The molecule has 0 saturated carbocycles. The van der Waals surface area contributed by atoms with Crippen molar-refractivity contribution in [1.82, 2.24) is 4.90 Å². The van der Waals surface area contributed by atoms with Crippen LogP contribution in [0.2, 0.25) is 10.0 Å². The van der Waals surface area contributed by atoms with Crippen molar-refractivity contribution in [2.75, 3.05) is 26.2 Å². The monoisotopic (exact) mass is 351 g/mol. The summed E-state index contributed by atoms with van der Waals surface area (Å²) >= 11 is 11.8. The lowest BCUT2D eigenvalue weighted by Crippen LogP contribution is -2.27. The van der Waals surface area contributed by atoms with Gasteiger partial charge in [-0.25, -0.2) is 4.79 Å². The number of halogens is 3. The average molecular weight is 353 g/mol. The molecule has 0 spiro atoms. The number of carbonyl (C=O) groups excluding carboxylic acids is 1. The third-order valence-corrected chi connectivity index (χ3v) is 3.47. The van der Waals surface area contributed by atoms with Crippen molar-refractivity contribution in [3.8, 4) is 0 Å². The molecule has 3 nitrogen and oxygen atoms in total. The van der Waals surface area contributed by atoms with Gasteiger partial charge >= 0.3 is 5.97 Å². The molecule has 0 bridgehead atoms. The molecule has 0 fully saturated rings. The Morgan fingerprint density at radius 3 is 2.52 bits per heavy atom. The molecule has 0 unspecified atom stereocenters. The molecule has 1 aromatic carbocycles. The van der Waals surface area contributed by atoms with Crippen molar-refractivity contribution in [3.05, 3.63) is 39.9 Å². The number of esters is 1. The lowest BCUT2D eigenvalue weighted by Gasteiger charge is -2.16. The molecule has 0 N–H and O–H groups in total. The summed E-state index contributed by atoms with van der Waals surface area (Å²) in [6.07, 6.45) is 3.00. The molecular weight excluding hydrogens is 333 g/mol. The Kier molecular flexibility index (Phi) is 10.5. The molecule has 0 aromatic heterocycles. The number of hydrogen-bond acceptors (Lipinski definition) is 3. The van der Waals surface area contributed by atoms with Crippen molar-refractivity contribution in [3.63, 3.8) is 0 Å². The number of benzene rings is 1. The molecule has 0 radical (unpaired) electrons. The topological polar surface area (TPSA) is 29.5 Å². The van der Waals surface area contributed by atoms with Crippen LogP contribution in [-0.4, -0.2) is 37.1 Å². The normalized spacial score (nSPS) is 10.7. The molecule has 118 valence electrons. The SMILES string of the molecule is CCN(CC)CCOC(=O)/C=C\c1ccc(Cl)cc1Cl.Cl. The molecule has 1 rings (SSSR count). The zero-order chi connectivity index (χ0) is 15.0. The van der Waals surface area contributed by atoms with E-state index in [4.69, 9.17) is 27.9 Å². The second kappa shape index (κ2) is 10.9. The van der Waals surface area contributed by atoms with Gasteiger partial charge in [-0.15, -0.1) is 12.4 Å². The summed E-state index contributed by atoms with van der Waals surface area (Å²) < 4.78 is 5.12. The number of ether oxygens (including phenoxy) is 1. The first-order valence-corrected chi connectivity index (χ1v) is 7.34. The van der Waals surface area contributed by atoms with E-state index in [1.54, 1.807) is 24.3 Å². The smallest absolute Gasteiger partial charge is 0.330 e. The van der Waals surface area contributed by atoms with Crippen LogP contribution in [0.25, 0.3) is 6.08 Å². The minimum Gasteiger partial charge on any atom is -0.461 e. The minimum absolute atomic E-state index is 0. The molecule has 0 saturated heterocycles. The number of nitrogens with zero attached hydrogens (tertiary/aromatic N) is 1. The number of rotatable bonds is 7. The molecule has 0 atom stereocenters. The lowest BCUT2D eigenvalue weighted by molar-refractivity contribution is -0.138.